The summed E-state index contributed by atoms with van der Waals surface area (Å²) in [6, 6.07) is 31.3. The van der Waals surface area contributed by atoms with E-state index in [9.17, 15) is 18.0 Å². The molecule has 4 aromatic carbocycles. The van der Waals surface area contributed by atoms with Gasteiger partial charge in [0.1, 0.15) is 18.3 Å². The van der Waals surface area contributed by atoms with Gasteiger partial charge in [-0.1, -0.05) is 98.1 Å². The summed E-state index contributed by atoms with van der Waals surface area (Å²) in [6.45, 7) is 1.41. The Hall–Kier alpha value is -4.63. The van der Waals surface area contributed by atoms with E-state index < -0.39 is 28.5 Å². The SMILES string of the molecule is COc1cccc(CN(C(=O)CN(c2ccccc2C)S(=O)(=O)c2ccccc2)C(Cc2ccccc2)C(=O)NC2CCCCC2)c1. The van der Waals surface area contributed by atoms with E-state index in [4.69, 9.17) is 4.74 Å². The Labute approximate surface area is 278 Å². The molecule has 1 N–H and O–H groups in total. The summed E-state index contributed by atoms with van der Waals surface area (Å²) in [4.78, 5) is 30.6. The van der Waals surface area contributed by atoms with Gasteiger partial charge in [-0.2, -0.15) is 0 Å². The highest BCUT2D eigenvalue weighted by Gasteiger charge is 2.35. The number of aryl methyl sites for hydroxylation is 1. The second-order valence-electron chi connectivity index (χ2n) is 12.0. The summed E-state index contributed by atoms with van der Waals surface area (Å²) in [5.41, 5.74) is 2.76. The van der Waals surface area contributed by atoms with Gasteiger partial charge in [0.15, 0.2) is 0 Å². The van der Waals surface area contributed by atoms with Crippen molar-refractivity contribution in [3.8, 4) is 5.75 Å². The first-order valence-corrected chi connectivity index (χ1v) is 17.6. The van der Waals surface area contributed by atoms with Gasteiger partial charge in [0.25, 0.3) is 10.0 Å². The van der Waals surface area contributed by atoms with Crippen LogP contribution in [0, 0.1) is 6.92 Å². The lowest BCUT2D eigenvalue weighted by molar-refractivity contribution is -0.140. The third-order valence-corrected chi connectivity index (χ3v) is 10.5. The molecule has 0 aromatic heterocycles. The van der Waals surface area contributed by atoms with Crippen LogP contribution in [0.1, 0.15) is 48.8 Å². The fraction of sp³-hybridized carbons (Fsp3) is 0.316. The van der Waals surface area contributed by atoms with Gasteiger partial charge < -0.3 is 15.0 Å². The van der Waals surface area contributed by atoms with Crippen LogP contribution in [0.5, 0.6) is 5.75 Å². The molecule has 1 aliphatic carbocycles. The number of methoxy groups -OCH3 is 1. The molecule has 0 heterocycles. The minimum atomic E-state index is -4.15. The highest BCUT2D eigenvalue weighted by atomic mass is 32.2. The van der Waals surface area contributed by atoms with Gasteiger partial charge in [0, 0.05) is 19.0 Å². The zero-order valence-electron chi connectivity index (χ0n) is 27.0. The number of benzene rings is 4. The Kier molecular flexibility index (Phi) is 11.3. The maximum Gasteiger partial charge on any atom is 0.264 e. The molecule has 1 saturated carbocycles. The van der Waals surface area contributed by atoms with E-state index in [0.717, 1.165) is 47.5 Å². The van der Waals surface area contributed by atoms with Gasteiger partial charge in [-0.25, -0.2) is 8.42 Å². The number of hydrogen-bond donors (Lipinski definition) is 1. The van der Waals surface area contributed by atoms with Crippen LogP contribution in [0.3, 0.4) is 0 Å². The summed E-state index contributed by atoms with van der Waals surface area (Å²) >= 11 is 0. The van der Waals surface area contributed by atoms with E-state index in [-0.39, 0.29) is 29.8 Å². The summed E-state index contributed by atoms with van der Waals surface area (Å²) in [7, 11) is -2.58. The predicted octanol–water partition coefficient (Wildman–Crippen LogP) is 6.29. The molecule has 9 heteroatoms. The molecule has 1 unspecified atom stereocenters. The monoisotopic (exact) mass is 653 g/mol. The van der Waals surface area contributed by atoms with Crippen molar-refractivity contribution in [2.45, 2.75) is 69.0 Å². The van der Waals surface area contributed by atoms with Gasteiger partial charge in [-0.05, 0) is 66.8 Å². The molecule has 0 spiro atoms. The molecule has 5 rings (SSSR count). The Balaban J connectivity index is 1.57. The van der Waals surface area contributed by atoms with Crippen LogP contribution in [0.2, 0.25) is 0 Å². The molecule has 0 bridgehead atoms. The maximum absolute atomic E-state index is 14.7. The predicted molar refractivity (Wildman–Crippen MR) is 185 cm³/mol. The van der Waals surface area contributed by atoms with E-state index in [1.54, 1.807) is 37.4 Å². The number of nitrogens with zero attached hydrogens (tertiary/aromatic N) is 2. The average Bonchev–Trinajstić information content (AvgIpc) is 3.10. The summed E-state index contributed by atoms with van der Waals surface area (Å²) in [5, 5.41) is 3.24. The van der Waals surface area contributed by atoms with Crippen LogP contribution in [-0.4, -0.2) is 50.9 Å². The van der Waals surface area contributed by atoms with Gasteiger partial charge in [0.05, 0.1) is 17.7 Å². The van der Waals surface area contributed by atoms with Crippen molar-refractivity contribution in [2.75, 3.05) is 18.0 Å². The molecule has 2 amide bonds. The number of hydrogen-bond acceptors (Lipinski definition) is 5. The third kappa shape index (κ3) is 8.60. The van der Waals surface area contributed by atoms with E-state index >= 15 is 0 Å². The second kappa shape index (κ2) is 15.8. The minimum Gasteiger partial charge on any atom is -0.497 e. The number of anilines is 1. The van der Waals surface area contributed by atoms with E-state index in [1.807, 2.05) is 73.7 Å². The van der Waals surface area contributed by atoms with Crippen LogP contribution in [0.15, 0.2) is 114 Å². The molecule has 246 valence electrons. The molecular weight excluding hydrogens is 611 g/mol. The molecule has 0 saturated heterocycles. The van der Waals surface area contributed by atoms with Crippen LogP contribution in [-0.2, 0) is 32.6 Å². The highest BCUT2D eigenvalue weighted by Crippen LogP contribution is 2.28. The van der Waals surface area contributed by atoms with Crippen LogP contribution in [0.4, 0.5) is 5.69 Å². The van der Waals surface area contributed by atoms with Crippen molar-refractivity contribution in [3.63, 3.8) is 0 Å². The van der Waals surface area contributed by atoms with Crippen molar-refractivity contribution >= 4 is 27.5 Å². The number of carbonyl (C=O) groups excluding carboxylic acids is 2. The number of nitrogens with one attached hydrogen (secondary N) is 1. The largest absolute Gasteiger partial charge is 0.497 e. The smallest absolute Gasteiger partial charge is 0.264 e. The first-order valence-electron chi connectivity index (χ1n) is 16.2. The molecule has 4 aromatic rings. The summed E-state index contributed by atoms with van der Waals surface area (Å²) < 4.78 is 35.0. The van der Waals surface area contributed by atoms with Crippen molar-refractivity contribution < 1.29 is 22.7 Å². The fourth-order valence-electron chi connectivity index (χ4n) is 6.14. The zero-order chi connectivity index (χ0) is 33.2. The molecule has 47 heavy (non-hydrogen) atoms. The van der Waals surface area contributed by atoms with Crippen LogP contribution in [0.25, 0.3) is 0 Å². The van der Waals surface area contributed by atoms with Crippen LogP contribution < -0.4 is 14.4 Å². The second-order valence-corrected chi connectivity index (χ2v) is 13.9. The molecule has 0 radical (unpaired) electrons. The van der Waals surface area contributed by atoms with Crippen LogP contribution >= 0.6 is 0 Å². The number of rotatable bonds is 13. The fourth-order valence-corrected chi connectivity index (χ4v) is 7.64. The zero-order valence-corrected chi connectivity index (χ0v) is 27.9. The molecular formula is C38H43N3O5S. The normalized spacial score (nSPS) is 14.2. The topological polar surface area (TPSA) is 96.0 Å². The first kappa shape index (κ1) is 33.7. The average molecular weight is 654 g/mol. The summed E-state index contributed by atoms with van der Waals surface area (Å²) in [5.74, 6) is -0.116. The molecule has 8 nitrogen and oxygen atoms in total. The van der Waals surface area contributed by atoms with E-state index in [1.165, 1.54) is 17.0 Å². The van der Waals surface area contributed by atoms with Crippen molar-refractivity contribution in [1.29, 1.82) is 0 Å². The number of ether oxygens (including phenoxy) is 1. The van der Waals surface area contributed by atoms with Gasteiger partial charge >= 0.3 is 0 Å². The van der Waals surface area contributed by atoms with E-state index in [0.29, 0.717) is 17.0 Å². The maximum atomic E-state index is 14.7. The number of amides is 2. The van der Waals surface area contributed by atoms with E-state index in [2.05, 4.69) is 5.32 Å². The highest BCUT2D eigenvalue weighted by molar-refractivity contribution is 7.92. The first-order chi connectivity index (χ1) is 22.8. The number of sulfonamides is 1. The molecule has 1 fully saturated rings. The van der Waals surface area contributed by atoms with Gasteiger partial charge in [0.2, 0.25) is 11.8 Å². The lowest BCUT2D eigenvalue weighted by atomic mass is 9.94. The Morgan fingerprint density at radius 2 is 1.47 bits per heavy atom. The Bertz CT molecular complexity index is 1740. The molecule has 1 aliphatic rings. The molecule has 1 atom stereocenters. The minimum absolute atomic E-state index is 0.0326. The standard InChI is InChI=1S/C38H43N3O5S/c1-29-15-12-13-24-35(29)41(47(44,45)34-22-10-5-11-23-34)28-37(42)40(27-31-18-14-21-33(25-31)46-2)36(26-30-16-6-3-7-17-30)38(43)39-32-19-8-4-9-20-32/h3,5-7,10-18,21-25,32,36H,4,8-9,19-20,26-28H2,1-2H3,(H,39,43). The molecule has 0 aliphatic heterocycles. The number of para-hydroxylation sites is 1. The Morgan fingerprint density at radius 3 is 2.15 bits per heavy atom. The van der Waals surface area contributed by atoms with Gasteiger partial charge in [-0.3, -0.25) is 13.9 Å². The quantitative estimate of drug-likeness (QED) is 0.183. The van der Waals surface area contributed by atoms with Crippen molar-refractivity contribution in [2.24, 2.45) is 0 Å². The third-order valence-electron chi connectivity index (χ3n) is 8.70. The number of carbonyl (C=O) groups is 2. The van der Waals surface area contributed by atoms with Gasteiger partial charge in [-0.15, -0.1) is 0 Å². The lowest BCUT2D eigenvalue weighted by Crippen LogP contribution is -2.55. The summed E-state index contributed by atoms with van der Waals surface area (Å²) in [6.07, 6.45) is 5.29. The Morgan fingerprint density at radius 1 is 0.830 bits per heavy atom. The van der Waals surface area contributed by atoms with Crippen molar-refractivity contribution in [3.05, 3.63) is 126 Å². The lowest BCUT2D eigenvalue weighted by Gasteiger charge is -2.35. The van der Waals surface area contributed by atoms with Crippen molar-refractivity contribution in [1.82, 2.24) is 10.2 Å².